The van der Waals surface area contributed by atoms with E-state index in [-0.39, 0.29) is 39.1 Å². The number of azide groups is 1. The molecular weight excluding hydrogens is 275 g/mol. The van der Waals surface area contributed by atoms with Gasteiger partial charge >= 0.3 is 6.09 Å². The third-order valence-corrected chi connectivity index (χ3v) is 3.54. The summed E-state index contributed by atoms with van der Waals surface area (Å²) in [5.74, 6) is 0. The van der Waals surface area contributed by atoms with Gasteiger partial charge in [0.1, 0.15) is 12.3 Å². The number of piperidine rings is 1. The van der Waals surface area contributed by atoms with E-state index < -0.39 is 11.8 Å². The minimum atomic E-state index is -1.51. The van der Waals surface area contributed by atoms with Gasteiger partial charge in [0.15, 0.2) is 0 Å². The number of hydrogen-bond donors (Lipinski definition) is 0. The summed E-state index contributed by atoms with van der Waals surface area (Å²) in [6.45, 7) is 0.558. The number of carbonyl (C=O) groups is 1. The summed E-state index contributed by atoms with van der Waals surface area (Å²) in [4.78, 5) is 16.0. The van der Waals surface area contributed by atoms with Crippen LogP contribution in [-0.2, 0) is 11.3 Å². The Kier molecular flexibility index (Phi) is 5.00. The average molecular weight is 292 g/mol. The van der Waals surface area contributed by atoms with Gasteiger partial charge in [0.2, 0.25) is 0 Å². The second-order valence-corrected chi connectivity index (χ2v) is 5.07. The second-order valence-electron chi connectivity index (χ2n) is 5.07. The molecule has 0 bridgehead atoms. The monoisotopic (exact) mass is 292 g/mol. The van der Waals surface area contributed by atoms with Crippen molar-refractivity contribution in [2.75, 3.05) is 19.6 Å². The minimum absolute atomic E-state index is 0.159. The molecule has 1 saturated heterocycles. The van der Waals surface area contributed by atoms with E-state index in [9.17, 15) is 9.18 Å². The molecule has 0 unspecified atom stereocenters. The zero-order valence-electron chi connectivity index (χ0n) is 11.6. The molecule has 2 rings (SSSR count). The molecule has 0 aliphatic carbocycles. The highest BCUT2D eigenvalue weighted by molar-refractivity contribution is 5.67. The lowest BCUT2D eigenvalue weighted by atomic mass is 9.94. The molecule has 1 fully saturated rings. The Hall–Kier alpha value is -2.27. The van der Waals surface area contributed by atoms with Crippen molar-refractivity contribution in [3.05, 3.63) is 46.3 Å². The van der Waals surface area contributed by atoms with Crippen LogP contribution in [0.2, 0.25) is 0 Å². The zero-order chi connectivity index (χ0) is 15.1. The molecule has 0 saturated carbocycles. The summed E-state index contributed by atoms with van der Waals surface area (Å²) in [5.41, 5.74) is 7.63. The summed E-state index contributed by atoms with van der Waals surface area (Å²) >= 11 is 0. The van der Waals surface area contributed by atoms with Gasteiger partial charge < -0.3 is 9.64 Å². The van der Waals surface area contributed by atoms with Crippen molar-refractivity contribution >= 4 is 6.09 Å². The van der Waals surface area contributed by atoms with Gasteiger partial charge in [-0.3, -0.25) is 0 Å². The van der Waals surface area contributed by atoms with Crippen molar-refractivity contribution in [3.8, 4) is 0 Å². The van der Waals surface area contributed by atoms with E-state index in [1.807, 2.05) is 30.3 Å². The molecule has 0 N–H and O–H groups in total. The highest BCUT2D eigenvalue weighted by Gasteiger charge is 2.35. The molecule has 6 nitrogen and oxygen atoms in total. The highest BCUT2D eigenvalue weighted by atomic mass is 19.1. The molecule has 0 spiro atoms. The van der Waals surface area contributed by atoms with E-state index in [0.29, 0.717) is 0 Å². The lowest BCUT2D eigenvalue weighted by Crippen LogP contribution is -2.46. The molecule has 1 aliphatic rings. The first-order valence-electron chi connectivity index (χ1n) is 6.78. The van der Waals surface area contributed by atoms with Gasteiger partial charge in [0.05, 0.1) is 6.54 Å². The van der Waals surface area contributed by atoms with Crippen LogP contribution >= 0.6 is 0 Å². The normalized spacial score (nSPS) is 16.9. The molecule has 1 aromatic carbocycles. The fourth-order valence-electron chi connectivity index (χ4n) is 2.22. The van der Waals surface area contributed by atoms with Gasteiger partial charge in [-0.05, 0) is 23.9 Å². The summed E-state index contributed by atoms with van der Waals surface area (Å²) in [7, 11) is 0. The number of amides is 1. The Morgan fingerprint density at radius 1 is 1.38 bits per heavy atom. The Balaban J connectivity index is 1.79. The van der Waals surface area contributed by atoms with Gasteiger partial charge in [0, 0.05) is 18.0 Å². The van der Waals surface area contributed by atoms with Crippen LogP contribution < -0.4 is 0 Å². The number of halogens is 1. The molecule has 1 aliphatic heterocycles. The molecule has 1 amide bonds. The number of alkyl halides is 1. The number of rotatable bonds is 4. The van der Waals surface area contributed by atoms with Crippen LogP contribution in [0.25, 0.3) is 10.4 Å². The maximum absolute atomic E-state index is 14.2. The van der Waals surface area contributed by atoms with Gasteiger partial charge in [-0.25, -0.2) is 9.18 Å². The third kappa shape index (κ3) is 4.36. The molecule has 0 aromatic heterocycles. The predicted octanol–water partition coefficient (Wildman–Crippen LogP) is 3.44. The highest BCUT2D eigenvalue weighted by Crippen LogP contribution is 2.27. The average Bonchev–Trinajstić information content (AvgIpc) is 2.52. The van der Waals surface area contributed by atoms with Crippen molar-refractivity contribution in [3.63, 3.8) is 0 Å². The van der Waals surface area contributed by atoms with E-state index in [4.69, 9.17) is 10.3 Å². The maximum Gasteiger partial charge on any atom is 0.410 e. The van der Waals surface area contributed by atoms with Gasteiger partial charge in [-0.1, -0.05) is 35.4 Å². The zero-order valence-corrected chi connectivity index (χ0v) is 11.6. The van der Waals surface area contributed by atoms with E-state index in [0.717, 1.165) is 5.56 Å². The first-order chi connectivity index (χ1) is 10.1. The van der Waals surface area contributed by atoms with E-state index >= 15 is 0 Å². The smallest absolute Gasteiger partial charge is 0.410 e. The Bertz CT molecular complexity index is 523. The number of ether oxygens (including phenoxy) is 1. The van der Waals surface area contributed by atoms with E-state index in [1.54, 1.807) is 0 Å². The molecule has 7 heteroatoms. The number of likely N-dealkylation sites (tertiary alicyclic amines) is 1. The van der Waals surface area contributed by atoms with E-state index in [1.165, 1.54) is 4.90 Å². The lowest BCUT2D eigenvalue weighted by Gasteiger charge is -2.34. The van der Waals surface area contributed by atoms with Crippen molar-refractivity contribution < 1.29 is 13.9 Å². The van der Waals surface area contributed by atoms with Crippen molar-refractivity contribution in [1.29, 1.82) is 0 Å². The fraction of sp³-hybridized carbons (Fsp3) is 0.500. The number of hydrogen-bond acceptors (Lipinski definition) is 3. The number of benzene rings is 1. The molecule has 0 atom stereocenters. The maximum atomic E-state index is 14.2. The third-order valence-electron chi connectivity index (χ3n) is 3.54. The molecular formula is C14H17FN4O2. The standard InChI is InChI=1S/C14H17FN4O2/c15-14(11-17-18-16)6-8-19(9-7-14)13(20)21-10-12-4-2-1-3-5-12/h1-5H,6-11H2. The van der Waals surface area contributed by atoms with Crippen molar-refractivity contribution in [2.45, 2.75) is 25.1 Å². The number of nitrogens with zero attached hydrogens (tertiary/aromatic N) is 4. The summed E-state index contributed by atoms with van der Waals surface area (Å²) in [6.07, 6.45) is -0.122. The Morgan fingerprint density at radius 3 is 2.67 bits per heavy atom. The summed E-state index contributed by atoms with van der Waals surface area (Å²) in [6, 6.07) is 9.38. The summed E-state index contributed by atoms with van der Waals surface area (Å²) in [5, 5.41) is 3.28. The largest absolute Gasteiger partial charge is 0.445 e. The first-order valence-corrected chi connectivity index (χ1v) is 6.78. The van der Waals surface area contributed by atoms with Crippen LogP contribution in [0, 0.1) is 0 Å². The lowest BCUT2D eigenvalue weighted by molar-refractivity contribution is 0.0453. The van der Waals surface area contributed by atoms with Crippen LogP contribution in [0.1, 0.15) is 18.4 Å². The fourth-order valence-corrected chi connectivity index (χ4v) is 2.22. The van der Waals surface area contributed by atoms with Crippen LogP contribution in [0.5, 0.6) is 0 Å². The van der Waals surface area contributed by atoms with Crippen LogP contribution in [0.15, 0.2) is 35.4 Å². The molecule has 21 heavy (non-hydrogen) atoms. The van der Waals surface area contributed by atoms with Crippen LogP contribution in [-0.4, -0.2) is 36.3 Å². The SMILES string of the molecule is [N-]=[N+]=NCC1(F)CCN(C(=O)OCc2ccccc2)CC1. The molecule has 0 radical (unpaired) electrons. The minimum Gasteiger partial charge on any atom is -0.445 e. The van der Waals surface area contributed by atoms with E-state index in [2.05, 4.69) is 10.0 Å². The van der Waals surface area contributed by atoms with Crippen molar-refractivity contribution in [2.24, 2.45) is 5.11 Å². The Labute approximate surface area is 122 Å². The molecule has 1 aromatic rings. The first kappa shape index (κ1) is 15.1. The Morgan fingerprint density at radius 2 is 2.05 bits per heavy atom. The topological polar surface area (TPSA) is 78.3 Å². The number of carbonyl (C=O) groups excluding carboxylic acids is 1. The summed E-state index contributed by atoms with van der Waals surface area (Å²) < 4.78 is 19.4. The quantitative estimate of drug-likeness (QED) is 0.484. The predicted molar refractivity (Wildman–Crippen MR) is 75.3 cm³/mol. The van der Waals surface area contributed by atoms with Crippen molar-refractivity contribution in [1.82, 2.24) is 4.90 Å². The second kappa shape index (κ2) is 6.95. The molecule has 112 valence electrons. The van der Waals surface area contributed by atoms with Gasteiger partial charge in [0.25, 0.3) is 0 Å². The van der Waals surface area contributed by atoms with Gasteiger partial charge in [-0.15, -0.1) is 0 Å². The molecule has 1 heterocycles. The van der Waals surface area contributed by atoms with Crippen LogP contribution in [0.3, 0.4) is 0 Å². The van der Waals surface area contributed by atoms with Gasteiger partial charge in [-0.2, -0.15) is 0 Å². The van der Waals surface area contributed by atoms with Crippen LogP contribution in [0.4, 0.5) is 9.18 Å².